The van der Waals surface area contributed by atoms with E-state index in [0.717, 1.165) is 27.6 Å². The number of aliphatic hydroxyl groups is 1. The van der Waals surface area contributed by atoms with Gasteiger partial charge in [0.05, 0.1) is 47.8 Å². The molecule has 2 atom stereocenters. The molecular weight excluding hydrogens is 535 g/mol. The van der Waals surface area contributed by atoms with Crippen LogP contribution in [0.3, 0.4) is 0 Å². The van der Waals surface area contributed by atoms with E-state index in [1.165, 1.54) is 12.1 Å². The lowest BCUT2D eigenvalue weighted by atomic mass is 9.94. The Morgan fingerprint density at radius 2 is 1.86 bits per heavy atom. The van der Waals surface area contributed by atoms with Crippen molar-refractivity contribution in [3.63, 3.8) is 0 Å². The maximum Gasteiger partial charge on any atom is 0.253 e. The molecule has 2 unspecified atom stereocenters. The quantitative estimate of drug-likeness (QED) is 0.311. The van der Waals surface area contributed by atoms with Crippen LogP contribution in [-0.2, 0) is 18.3 Å². The summed E-state index contributed by atoms with van der Waals surface area (Å²) in [5, 5.41) is 19.0. The summed E-state index contributed by atoms with van der Waals surface area (Å²) in [5.41, 5.74) is 4.51. The van der Waals surface area contributed by atoms with Gasteiger partial charge in [0.25, 0.3) is 5.56 Å². The zero-order valence-electron chi connectivity index (χ0n) is 24.0. The molecule has 1 fully saturated rings. The van der Waals surface area contributed by atoms with Crippen LogP contribution in [0.5, 0.6) is 0 Å². The van der Waals surface area contributed by atoms with E-state index < -0.39 is 11.7 Å². The second kappa shape index (κ2) is 10.9. The number of nitrogens with zero attached hydrogens (tertiary/aromatic N) is 5. The van der Waals surface area contributed by atoms with Crippen molar-refractivity contribution < 1.29 is 14.2 Å². The molecule has 2 N–H and O–H groups in total. The van der Waals surface area contributed by atoms with E-state index in [0.29, 0.717) is 42.3 Å². The molecular formula is C32H33FN6O3. The fourth-order valence-electron chi connectivity index (χ4n) is 5.48. The normalized spacial score (nSPS) is 17.6. The fraction of sp³-hybridized carbons (Fsp3) is 0.312. The van der Waals surface area contributed by atoms with Crippen LogP contribution in [-0.4, -0.2) is 48.2 Å². The molecule has 9 nitrogen and oxygen atoms in total. The highest BCUT2D eigenvalue weighted by molar-refractivity contribution is 5.88. The molecule has 0 spiro atoms. The van der Waals surface area contributed by atoms with Gasteiger partial charge in [0.1, 0.15) is 11.9 Å². The molecule has 1 aliphatic heterocycles. The van der Waals surface area contributed by atoms with Crippen molar-refractivity contribution in [2.24, 2.45) is 7.05 Å². The minimum Gasteiger partial charge on any atom is -0.389 e. The number of aryl methyl sites for hydroxylation is 2. The molecule has 1 aliphatic rings. The molecule has 10 heteroatoms. The number of halogens is 1. The van der Waals surface area contributed by atoms with Crippen LogP contribution in [0.1, 0.15) is 42.8 Å². The predicted octanol–water partition coefficient (Wildman–Crippen LogP) is 4.48. The molecule has 4 heterocycles. The number of nitrogens with one attached hydrogen (secondary N) is 1. The van der Waals surface area contributed by atoms with E-state index in [4.69, 9.17) is 14.7 Å². The van der Waals surface area contributed by atoms with Crippen molar-refractivity contribution in [3.05, 3.63) is 100 Å². The lowest BCUT2D eigenvalue weighted by Crippen LogP contribution is -2.37. The Bertz CT molecular complexity index is 1800. The Balaban J connectivity index is 1.52. The van der Waals surface area contributed by atoms with Gasteiger partial charge in [-0.05, 0) is 67.8 Å². The summed E-state index contributed by atoms with van der Waals surface area (Å²) in [7, 11) is 1.74. The number of hydrogen-bond donors (Lipinski definition) is 2. The van der Waals surface area contributed by atoms with E-state index >= 15 is 0 Å². The number of benzene rings is 2. The van der Waals surface area contributed by atoms with Gasteiger partial charge in [-0.25, -0.2) is 14.4 Å². The number of aromatic nitrogens is 5. The first-order chi connectivity index (χ1) is 20.1. The Kier molecular flexibility index (Phi) is 7.22. The number of ether oxygens (including phenoxy) is 1. The van der Waals surface area contributed by atoms with Gasteiger partial charge in [-0.2, -0.15) is 5.10 Å². The third kappa shape index (κ3) is 5.61. The van der Waals surface area contributed by atoms with Crippen molar-refractivity contribution >= 4 is 10.9 Å². The van der Waals surface area contributed by atoms with Crippen molar-refractivity contribution in [3.8, 4) is 22.5 Å². The number of fused-ring (bicyclic) bond motifs is 1. The van der Waals surface area contributed by atoms with E-state index in [1.54, 1.807) is 55.4 Å². The molecule has 3 aromatic heterocycles. The summed E-state index contributed by atoms with van der Waals surface area (Å²) in [6, 6.07) is 14.0. The van der Waals surface area contributed by atoms with Gasteiger partial charge < -0.3 is 19.7 Å². The first kappa shape index (κ1) is 27.9. The second-order valence-corrected chi connectivity index (χ2v) is 11.5. The molecule has 0 bridgehead atoms. The molecule has 1 saturated heterocycles. The highest BCUT2D eigenvalue weighted by Crippen LogP contribution is 2.38. The SMILES string of the molecule is Cc1cc(-c2ccc3nc(-c4cnn(CC(C)(C)O)c4)nc(C4OCCNC4c4ccc(F)cc4)c3c2)cn(C)c1=O. The third-order valence-electron chi connectivity index (χ3n) is 7.43. The van der Waals surface area contributed by atoms with Gasteiger partial charge >= 0.3 is 0 Å². The second-order valence-electron chi connectivity index (χ2n) is 11.5. The van der Waals surface area contributed by atoms with Gasteiger partial charge in [0.15, 0.2) is 5.82 Å². The van der Waals surface area contributed by atoms with Gasteiger partial charge in [0.2, 0.25) is 0 Å². The molecule has 6 rings (SSSR count). The molecule has 42 heavy (non-hydrogen) atoms. The molecule has 5 aromatic rings. The predicted molar refractivity (Wildman–Crippen MR) is 158 cm³/mol. The van der Waals surface area contributed by atoms with Gasteiger partial charge in [0, 0.05) is 36.9 Å². The molecule has 0 amide bonds. The highest BCUT2D eigenvalue weighted by Gasteiger charge is 2.32. The smallest absolute Gasteiger partial charge is 0.253 e. The van der Waals surface area contributed by atoms with E-state index in [9.17, 15) is 14.3 Å². The van der Waals surface area contributed by atoms with Crippen LogP contribution in [0.25, 0.3) is 33.4 Å². The Morgan fingerprint density at radius 3 is 2.60 bits per heavy atom. The number of hydrogen-bond acceptors (Lipinski definition) is 7. The minimum absolute atomic E-state index is 0.0397. The average Bonchev–Trinajstić information content (AvgIpc) is 3.42. The molecule has 0 aliphatic carbocycles. The first-order valence-electron chi connectivity index (χ1n) is 13.9. The fourth-order valence-corrected chi connectivity index (χ4v) is 5.48. The lowest BCUT2D eigenvalue weighted by molar-refractivity contribution is -0.00794. The number of rotatable bonds is 6. The molecule has 2 aromatic carbocycles. The van der Waals surface area contributed by atoms with Crippen molar-refractivity contribution in [2.45, 2.75) is 45.1 Å². The highest BCUT2D eigenvalue weighted by atomic mass is 19.1. The number of morpholine rings is 1. The Labute approximate surface area is 242 Å². The molecule has 216 valence electrons. The van der Waals surface area contributed by atoms with Crippen LogP contribution in [0.4, 0.5) is 4.39 Å². The van der Waals surface area contributed by atoms with Crippen LogP contribution < -0.4 is 10.9 Å². The van der Waals surface area contributed by atoms with E-state index in [-0.39, 0.29) is 17.4 Å². The Morgan fingerprint density at radius 1 is 1.07 bits per heavy atom. The number of pyridine rings is 1. The summed E-state index contributed by atoms with van der Waals surface area (Å²) in [6.07, 6.45) is 4.84. The van der Waals surface area contributed by atoms with Gasteiger partial charge in [-0.15, -0.1) is 0 Å². The Hall–Kier alpha value is -4.25. The van der Waals surface area contributed by atoms with Crippen LogP contribution >= 0.6 is 0 Å². The van der Waals surface area contributed by atoms with Gasteiger partial charge in [-0.1, -0.05) is 18.2 Å². The summed E-state index contributed by atoms with van der Waals surface area (Å²) >= 11 is 0. The van der Waals surface area contributed by atoms with Crippen molar-refractivity contribution in [1.82, 2.24) is 29.6 Å². The average molecular weight is 569 g/mol. The van der Waals surface area contributed by atoms with E-state index in [2.05, 4.69) is 10.4 Å². The van der Waals surface area contributed by atoms with Crippen LogP contribution in [0.2, 0.25) is 0 Å². The zero-order chi connectivity index (χ0) is 29.6. The van der Waals surface area contributed by atoms with Crippen LogP contribution in [0, 0.1) is 12.7 Å². The monoisotopic (exact) mass is 568 g/mol. The summed E-state index contributed by atoms with van der Waals surface area (Å²) < 4.78 is 23.4. The van der Waals surface area contributed by atoms with Gasteiger partial charge in [-0.3, -0.25) is 9.48 Å². The maximum atomic E-state index is 13.8. The van der Waals surface area contributed by atoms with Crippen molar-refractivity contribution in [1.29, 1.82) is 0 Å². The third-order valence-corrected chi connectivity index (χ3v) is 7.43. The summed E-state index contributed by atoms with van der Waals surface area (Å²) in [4.78, 5) is 22.3. The summed E-state index contributed by atoms with van der Waals surface area (Å²) in [6.45, 7) is 6.70. The summed E-state index contributed by atoms with van der Waals surface area (Å²) in [5.74, 6) is 0.180. The molecule has 0 radical (unpaired) electrons. The standard InChI is InChI=1S/C32H33FN6O3/c1-19-13-22(16-38(4)31(19)40)21-7-10-26-25(14-21)28(29-27(34-11-12-42-29)20-5-8-24(33)9-6-20)37-30(36-26)23-15-35-39(17-23)18-32(2,3)41/h5-10,13-17,27,29,34,41H,11-12,18H2,1-4H3. The lowest BCUT2D eigenvalue weighted by Gasteiger charge is -2.33. The van der Waals surface area contributed by atoms with Crippen LogP contribution in [0.15, 0.2) is 71.9 Å². The molecule has 0 saturated carbocycles. The largest absolute Gasteiger partial charge is 0.389 e. The topological polar surface area (TPSA) is 107 Å². The minimum atomic E-state index is -0.932. The van der Waals surface area contributed by atoms with Crippen molar-refractivity contribution in [2.75, 3.05) is 13.2 Å². The zero-order valence-corrected chi connectivity index (χ0v) is 24.0. The van der Waals surface area contributed by atoms with E-state index in [1.807, 2.05) is 36.7 Å². The first-order valence-corrected chi connectivity index (χ1v) is 13.9. The maximum absolute atomic E-state index is 13.8.